The van der Waals surface area contributed by atoms with Gasteiger partial charge in [0, 0.05) is 113 Å². The number of hydrogen-bond acceptors (Lipinski definition) is 14. The lowest BCUT2D eigenvalue weighted by Gasteiger charge is -2.31. The van der Waals surface area contributed by atoms with E-state index < -0.39 is 0 Å². The molecule has 20 heteroatoms. The number of fused-ring (bicyclic) bond motifs is 4. The van der Waals surface area contributed by atoms with Crippen LogP contribution in [0.3, 0.4) is 0 Å². The lowest BCUT2D eigenvalue weighted by Crippen LogP contribution is -2.37. The van der Waals surface area contributed by atoms with Gasteiger partial charge in [0.15, 0.2) is 11.3 Å². The maximum absolute atomic E-state index is 13.2. The monoisotopic (exact) mass is 924 g/mol. The van der Waals surface area contributed by atoms with Crippen molar-refractivity contribution in [1.29, 1.82) is 0 Å². The van der Waals surface area contributed by atoms with Crippen LogP contribution in [-0.4, -0.2) is 155 Å². The second kappa shape index (κ2) is 18.9. The number of anilines is 4. The fourth-order valence-corrected chi connectivity index (χ4v) is 9.88. The number of ether oxygens (including phenoxy) is 4. The lowest BCUT2D eigenvalue weighted by atomic mass is 10.1. The van der Waals surface area contributed by atoms with Gasteiger partial charge in [-0.3, -0.25) is 19.2 Å². The summed E-state index contributed by atoms with van der Waals surface area (Å²) in [5.74, 6) is 0.264. The Kier molecular flexibility index (Phi) is 12.1. The summed E-state index contributed by atoms with van der Waals surface area (Å²) in [5.41, 5.74) is 8.07. The van der Waals surface area contributed by atoms with Crippen LogP contribution in [0, 0.1) is 11.8 Å². The first-order chi connectivity index (χ1) is 33.3. The molecule has 0 bridgehead atoms. The number of rotatable bonds is 10. The van der Waals surface area contributed by atoms with Crippen LogP contribution in [0.1, 0.15) is 65.4 Å². The van der Waals surface area contributed by atoms with E-state index in [1.54, 1.807) is 46.0 Å². The smallest absolute Gasteiger partial charge is 0.261 e. The Morgan fingerprint density at radius 3 is 1.44 bits per heavy atom. The highest BCUT2D eigenvalue weighted by atomic mass is 16.5. The van der Waals surface area contributed by atoms with Crippen LogP contribution in [0.4, 0.5) is 22.7 Å². The predicted molar refractivity (Wildman–Crippen MR) is 248 cm³/mol. The Morgan fingerprint density at radius 2 is 1.03 bits per heavy atom. The van der Waals surface area contributed by atoms with Crippen LogP contribution in [0.5, 0.6) is 0 Å². The van der Waals surface area contributed by atoms with Crippen molar-refractivity contribution in [3.63, 3.8) is 0 Å². The molecule has 4 amide bonds. The van der Waals surface area contributed by atoms with E-state index in [0.717, 1.165) is 48.6 Å². The Labute approximate surface area is 391 Å². The standard InChI is InChI=1S/2C24H26N6O4/c2*31-23(19-12-26-30-4-1-3-25-22(19)30)27-20-10-17-14-29(13-16-2-7-34-15-16)24(32)18(17)11-21(20)28-5-8-33-9-6-28/h2*1,3-4,10-12,16H,2,5-9,13-15H2,(H,27,31)/t2*16-/m10/s1. The van der Waals surface area contributed by atoms with E-state index in [-0.39, 0.29) is 23.6 Å². The highest BCUT2D eigenvalue weighted by Crippen LogP contribution is 2.38. The molecule has 352 valence electrons. The van der Waals surface area contributed by atoms with Crippen molar-refractivity contribution < 1.29 is 38.1 Å². The molecule has 4 saturated heterocycles. The topological polar surface area (TPSA) is 203 Å². The van der Waals surface area contributed by atoms with E-state index in [0.29, 0.717) is 149 Å². The number of carbonyl (C=O) groups is 4. The lowest BCUT2D eigenvalue weighted by molar-refractivity contribution is 0.0737. The minimum absolute atomic E-state index is 0.0427. The first kappa shape index (κ1) is 43.6. The van der Waals surface area contributed by atoms with Crippen molar-refractivity contribution in [2.45, 2.75) is 25.9 Å². The molecule has 0 radical (unpaired) electrons. The van der Waals surface area contributed by atoms with Gasteiger partial charge >= 0.3 is 0 Å². The summed E-state index contributed by atoms with van der Waals surface area (Å²) in [6.45, 7) is 10.6. The first-order valence-electron chi connectivity index (χ1n) is 23.3. The van der Waals surface area contributed by atoms with E-state index in [1.807, 2.05) is 34.1 Å². The highest BCUT2D eigenvalue weighted by Gasteiger charge is 2.35. The highest BCUT2D eigenvalue weighted by molar-refractivity contribution is 6.11. The molecule has 10 heterocycles. The van der Waals surface area contributed by atoms with Gasteiger partial charge in [-0.15, -0.1) is 0 Å². The second-order valence-electron chi connectivity index (χ2n) is 17.9. The zero-order chi connectivity index (χ0) is 46.1. The van der Waals surface area contributed by atoms with Gasteiger partial charge < -0.3 is 49.2 Å². The Bertz CT molecular complexity index is 2680. The van der Waals surface area contributed by atoms with Gasteiger partial charge in [0.05, 0.1) is 74.8 Å². The van der Waals surface area contributed by atoms with Crippen LogP contribution >= 0.6 is 0 Å². The number of carbonyl (C=O) groups excluding carboxylic acids is 4. The second-order valence-corrected chi connectivity index (χ2v) is 17.9. The summed E-state index contributed by atoms with van der Waals surface area (Å²) in [6.07, 6.45) is 11.8. The number of aromatic nitrogens is 6. The molecule has 20 nitrogen and oxygen atoms in total. The van der Waals surface area contributed by atoms with Crippen molar-refractivity contribution in [2.75, 3.05) is 113 Å². The zero-order valence-corrected chi connectivity index (χ0v) is 37.5. The van der Waals surface area contributed by atoms with E-state index in [1.165, 1.54) is 12.4 Å². The van der Waals surface area contributed by atoms with Crippen LogP contribution in [0.15, 0.2) is 73.6 Å². The summed E-state index contributed by atoms with van der Waals surface area (Å²) >= 11 is 0. The summed E-state index contributed by atoms with van der Waals surface area (Å²) < 4.78 is 25.2. The van der Waals surface area contributed by atoms with Crippen molar-refractivity contribution in [3.05, 3.63) is 107 Å². The average molecular weight is 925 g/mol. The van der Waals surface area contributed by atoms with Crippen molar-refractivity contribution in [3.8, 4) is 0 Å². The molecule has 2 N–H and O–H groups in total. The van der Waals surface area contributed by atoms with Crippen molar-refractivity contribution in [2.24, 2.45) is 11.8 Å². The molecule has 2 atom stereocenters. The maximum atomic E-state index is 13.2. The average Bonchev–Trinajstić information content (AvgIpc) is 4.25. The Balaban J connectivity index is 0.000000149. The van der Waals surface area contributed by atoms with Crippen molar-refractivity contribution in [1.82, 2.24) is 39.0 Å². The molecular weight excluding hydrogens is 873 g/mol. The van der Waals surface area contributed by atoms with E-state index in [4.69, 9.17) is 18.9 Å². The summed E-state index contributed by atoms with van der Waals surface area (Å²) in [4.78, 5) is 69.6. The van der Waals surface area contributed by atoms with Crippen LogP contribution < -0.4 is 20.4 Å². The van der Waals surface area contributed by atoms with Crippen LogP contribution in [0.2, 0.25) is 0 Å². The predicted octanol–water partition coefficient (Wildman–Crippen LogP) is 3.62. The molecule has 6 aliphatic heterocycles. The van der Waals surface area contributed by atoms with Crippen LogP contribution in [-0.2, 0) is 32.0 Å². The van der Waals surface area contributed by atoms with Gasteiger partial charge in [-0.2, -0.15) is 10.2 Å². The molecule has 0 saturated carbocycles. The van der Waals surface area contributed by atoms with Gasteiger partial charge in [0.1, 0.15) is 11.1 Å². The molecule has 6 aromatic rings. The Hall–Kier alpha value is -7.00. The molecular formula is C48H52N12O8. The number of morpholine rings is 2. The minimum Gasteiger partial charge on any atom is -0.381 e. The number of nitrogens with zero attached hydrogens (tertiary/aromatic N) is 10. The van der Waals surface area contributed by atoms with E-state index in [2.05, 4.69) is 40.6 Å². The largest absolute Gasteiger partial charge is 0.381 e. The quantitative estimate of drug-likeness (QED) is 0.202. The Morgan fingerprint density at radius 1 is 0.588 bits per heavy atom. The van der Waals surface area contributed by atoms with E-state index in [9.17, 15) is 19.2 Å². The normalized spacial score (nSPS) is 20.2. The first-order valence-corrected chi connectivity index (χ1v) is 23.3. The van der Waals surface area contributed by atoms with E-state index >= 15 is 0 Å². The minimum atomic E-state index is -0.285. The third kappa shape index (κ3) is 8.70. The molecule has 4 aromatic heterocycles. The summed E-state index contributed by atoms with van der Waals surface area (Å²) in [6, 6.07) is 11.3. The zero-order valence-electron chi connectivity index (χ0n) is 37.5. The fourth-order valence-electron chi connectivity index (χ4n) is 9.88. The van der Waals surface area contributed by atoms with Gasteiger partial charge in [-0.1, -0.05) is 0 Å². The third-order valence-corrected chi connectivity index (χ3v) is 13.5. The number of benzene rings is 2. The summed E-state index contributed by atoms with van der Waals surface area (Å²) in [5, 5.41) is 14.6. The molecule has 12 rings (SSSR count). The maximum Gasteiger partial charge on any atom is 0.261 e. The molecule has 4 fully saturated rings. The van der Waals surface area contributed by atoms with Crippen molar-refractivity contribution >= 4 is 57.7 Å². The molecule has 68 heavy (non-hydrogen) atoms. The third-order valence-electron chi connectivity index (χ3n) is 13.5. The van der Waals surface area contributed by atoms with Gasteiger partial charge in [0.2, 0.25) is 0 Å². The van der Waals surface area contributed by atoms with Gasteiger partial charge in [-0.05, 0) is 60.4 Å². The molecule has 0 unspecified atom stereocenters. The fraction of sp³-hybridized carbons (Fsp3) is 0.417. The number of hydrogen-bond donors (Lipinski definition) is 2. The van der Waals surface area contributed by atoms with Crippen LogP contribution in [0.25, 0.3) is 11.3 Å². The summed E-state index contributed by atoms with van der Waals surface area (Å²) in [7, 11) is 0. The van der Waals surface area contributed by atoms with Gasteiger partial charge in [-0.25, -0.2) is 19.0 Å². The molecule has 0 spiro atoms. The molecule has 0 aliphatic carbocycles. The molecule has 6 aliphatic rings. The van der Waals surface area contributed by atoms with Gasteiger partial charge in [0.25, 0.3) is 23.6 Å². The number of amides is 4. The number of nitrogens with one attached hydrogen (secondary N) is 2. The molecule has 2 aromatic carbocycles. The SMILES string of the molecule is O=C(Nc1cc2c(cc1N1CCOCC1)C(=O)N(C[C@@H]1CCOC1)C2)c1cnn2cccnc12.O=C(Nc1cc2c(cc1N1CCOCC1)C(=O)N(C[C@H]1CCOC1)C2)c1cnn2cccnc12.